The summed E-state index contributed by atoms with van der Waals surface area (Å²) < 4.78 is 21.2. The van der Waals surface area contributed by atoms with Gasteiger partial charge in [-0.05, 0) is 30.5 Å². The molecule has 35 heavy (non-hydrogen) atoms. The van der Waals surface area contributed by atoms with Crippen LogP contribution in [0.1, 0.15) is 43.4 Å². The second-order valence-corrected chi connectivity index (χ2v) is 8.94. The number of carbonyl (C=O) groups is 3. The first-order valence-corrected chi connectivity index (χ1v) is 11.1. The summed E-state index contributed by atoms with van der Waals surface area (Å²) in [6.07, 6.45) is 2.33. The van der Waals surface area contributed by atoms with Crippen LogP contribution in [0.3, 0.4) is 0 Å². The summed E-state index contributed by atoms with van der Waals surface area (Å²) in [6, 6.07) is 5.05. The molecule has 1 aliphatic heterocycles. The normalized spacial score (nSPS) is 21.7. The molecular formula is C25H23N3O7. The Bertz CT molecular complexity index is 1480. The molecule has 6 rings (SSSR count). The topological polar surface area (TPSA) is 123 Å². The Morgan fingerprint density at radius 3 is 2.46 bits per heavy atom. The van der Waals surface area contributed by atoms with Gasteiger partial charge in [0, 0.05) is 35.0 Å². The van der Waals surface area contributed by atoms with Crippen LogP contribution in [0.15, 0.2) is 30.0 Å². The zero-order valence-electron chi connectivity index (χ0n) is 19.6. The third kappa shape index (κ3) is 2.67. The summed E-state index contributed by atoms with van der Waals surface area (Å²) in [7, 11) is 5.86. The highest BCUT2D eigenvalue weighted by molar-refractivity contribution is 6.11. The standard InChI is InChI=1S/C25H23N3O7/c1-32-17-6-11-5-14(26-19(11)21(34-3)20(17)33-2)23(30)28-10-12-9-25(12)18(28)8-16(29)13-7-15(24(31)35-4)27-22(13)25/h5-8,12,26-27H,9-10H2,1-4H3/t12-,25+/m1/s1. The number of nitrogens with zero attached hydrogens (tertiary/aromatic N) is 1. The number of hydrogen-bond donors (Lipinski definition) is 2. The molecule has 10 nitrogen and oxygen atoms in total. The number of fused-ring (bicyclic) bond motifs is 2. The SMILES string of the molecule is COC(=O)c1cc2c([nH]1)[C@@]13C[C@@H]1CN(C(=O)c1cc4cc(OC)c(OC)c(OC)c4[nH]1)C3=CC2=O. The number of likely N-dealkylation sites (tertiary alicyclic amines) is 1. The van der Waals surface area contributed by atoms with Crippen molar-refractivity contribution >= 4 is 28.6 Å². The summed E-state index contributed by atoms with van der Waals surface area (Å²) in [5.74, 6) is 0.461. The van der Waals surface area contributed by atoms with E-state index in [1.54, 1.807) is 17.0 Å². The van der Waals surface area contributed by atoms with Gasteiger partial charge in [0.05, 0.1) is 39.4 Å². The number of piperidine rings is 1. The number of aromatic nitrogens is 2. The number of methoxy groups -OCH3 is 4. The molecule has 10 heteroatoms. The number of carbonyl (C=O) groups excluding carboxylic acids is 3. The first kappa shape index (κ1) is 21.3. The largest absolute Gasteiger partial charge is 0.493 e. The molecule has 2 N–H and O–H groups in total. The third-order valence-electron chi connectivity index (χ3n) is 7.35. The van der Waals surface area contributed by atoms with Crippen molar-refractivity contribution in [1.82, 2.24) is 14.9 Å². The van der Waals surface area contributed by atoms with E-state index in [0.717, 1.165) is 11.8 Å². The molecule has 1 spiro atoms. The maximum absolute atomic E-state index is 13.7. The Hall–Kier alpha value is -4.21. The molecule has 1 saturated heterocycles. The van der Waals surface area contributed by atoms with Gasteiger partial charge < -0.3 is 33.8 Å². The number of allylic oxidation sites excluding steroid dienone is 2. The quantitative estimate of drug-likeness (QED) is 0.542. The van der Waals surface area contributed by atoms with E-state index in [1.165, 1.54) is 40.6 Å². The summed E-state index contributed by atoms with van der Waals surface area (Å²) >= 11 is 0. The average molecular weight is 477 g/mol. The van der Waals surface area contributed by atoms with Crippen molar-refractivity contribution in [2.45, 2.75) is 11.8 Å². The van der Waals surface area contributed by atoms with Gasteiger partial charge in [-0.2, -0.15) is 0 Å². The van der Waals surface area contributed by atoms with Crippen LogP contribution in [0, 0.1) is 5.92 Å². The molecular weight excluding hydrogens is 454 g/mol. The molecule has 1 aromatic carbocycles. The number of benzene rings is 1. The number of nitrogens with one attached hydrogen (secondary N) is 2. The first-order chi connectivity index (χ1) is 16.9. The summed E-state index contributed by atoms with van der Waals surface area (Å²) in [4.78, 5) is 46.6. The van der Waals surface area contributed by atoms with Crippen LogP contribution in [0.5, 0.6) is 17.2 Å². The fourth-order valence-corrected chi connectivity index (χ4v) is 5.68. The second-order valence-electron chi connectivity index (χ2n) is 8.94. The van der Waals surface area contributed by atoms with Crippen molar-refractivity contribution in [3.8, 4) is 17.2 Å². The molecule has 180 valence electrons. The van der Waals surface area contributed by atoms with E-state index < -0.39 is 11.4 Å². The predicted molar refractivity (Wildman–Crippen MR) is 123 cm³/mol. The number of ketones is 1. The second kappa shape index (κ2) is 7.14. The van der Waals surface area contributed by atoms with Crippen molar-refractivity contribution in [2.24, 2.45) is 5.92 Å². The number of esters is 1. The minimum atomic E-state index is -0.536. The van der Waals surface area contributed by atoms with Crippen LogP contribution in [-0.4, -0.2) is 67.5 Å². The van der Waals surface area contributed by atoms with Gasteiger partial charge in [-0.1, -0.05) is 0 Å². The van der Waals surface area contributed by atoms with Crippen LogP contribution in [0.25, 0.3) is 10.9 Å². The molecule has 3 aliphatic rings. The van der Waals surface area contributed by atoms with Gasteiger partial charge in [-0.3, -0.25) is 9.59 Å². The van der Waals surface area contributed by atoms with E-state index in [4.69, 9.17) is 18.9 Å². The molecule has 2 atom stereocenters. The molecule has 1 saturated carbocycles. The first-order valence-electron chi connectivity index (χ1n) is 11.1. The van der Waals surface area contributed by atoms with Crippen molar-refractivity contribution < 1.29 is 33.3 Å². The van der Waals surface area contributed by atoms with Crippen LogP contribution >= 0.6 is 0 Å². The average Bonchev–Trinajstić information content (AvgIpc) is 3.21. The van der Waals surface area contributed by atoms with E-state index in [2.05, 4.69) is 9.97 Å². The zero-order chi connectivity index (χ0) is 24.6. The van der Waals surface area contributed by atoms with E-state index >= 15 is 0 Å². The van der Waals surface area contributed by atoms with Crippen molar-refractivity contribution in [3.05, 3.63) is 52.6 Å². The Balaban J connectivity index is 1.40. The van der Waals surface area contributed by atoms with Gasteiger partial charge in [0.25, 0.3) is 5.91 Å². The Kier molecular flexibility index (Phi) is 4.35. The minimum Gasteiger partial charge on any atom is -0.493 e. The molecule has 0 radical (unpaired) electrons. The number of ether oxygens (including phenoxy) is 4. The highest BCUT2D eigenvalue weighted by Gasteiger charge is 2.68. The minimum absolute atomic E-state index is 0.160. The van der Waals surface area contributed by atoms with Gasteiger partial charge in [0.15, 0.2) is 17.3 Å². The number of hydrogen-bond acceptors (Lipinski definition) is 7. The summed E-state index contributed by atoms with van der Waals surface area (Å²) in [6.45, 7) is 0.475. The van der Waals surface area contributed by atoms with Crippen LogP contribution in [0.4, 0.5) is 0 Å². The van der Waals surface area contributed by atoms with Gasteiger partial charge in [0.2, 0.25) is 5.75 Å². The van der Waals surface area contributed by atoms with Crippen LogP contribution in [-0.2, 0) is 10.2 Å². The maximum atomic E-state index is 13.7. The molecule has 0 unspecified atom stereocenters. The molecule has 0 bridgehead atoms. The third-order valence-corrected chi connectivity index (χ3v) is 7.35. The Labute approximate surface area is 199 Å². The number of H-pyrrole nitrogens is 2. The molecule has 2 fully saturated rings. The van der Waals surface area contributed by atoms with Gasteiger partial charge in [-0.15, -0.1) is 0 Å². The van der Waals surface area contributed by atoms with E-state index in [0.29, 0.717) is 52.0 Å². The van der Waals surface area contributed by atoms with Gasteiger partial charge >= 0.3 is 5.97 Å². The number of aromatic amines is 2. The van der Waals surface area contributed by atoms with Crippen molar-refractivity contribution in [1.29, 1.82) is 0 Å². The van der Waals surface area contributed by atoms with E-state index in [-0.39, 0.29) is 23.3 Å². The van der Waals surface area contributed by atoms with Crippen LogP contribution < -0.4 is 14.2 Å². The van der Waals surface area contributed by atoms with Gasteiger partial charge in [-0.25, -0.2) is 4.79 Å². The van der Waals surface area contributed by atoms with Crippen LogP contribution in [0.2, 0.25) is 0 Å². The molecule has 3 heterocycles. The van der Waals surface area contributed by atoms with Gasteiger partial charge in [0.1, 0.15) is 11.4 Å². The Morgan fingerprint density at radius 1 is 1.00 bits per heavy atom. The Morgan fingerprint density at radius 2 is 1.77 bits per heavy atom. The summed E-state index contributed by atoms with van der Waals surface area (Å²) in [5.41, 5.74) is 2.52. The van der Waals surface area contributed by atoms with E-state index in [1.807, 2.05) is 0 Å². The molecule has 3 aromatic rings. The number of rotatable bonds is 5. The van der Waals surface area contributed by atoms with E-state index in [9.17, 15) is 14.4 Å². The summed E-state index contributed by atoms with van der Waals surface area (Å²) in [5, 5.41) is 0.727. The number of amides is 1. The fraction of sp³-hybridized carbons (Fsp3) is 0.320. The lowest BCUT2D eigenvalue weighted by atomic mass is 9.87. The predicted octanol–water partition coefficient (Wildman–Crippen LogP) is 2.80. The maximum Gasteiger partial charge on any atom is 0.354 e. The van der Waals surface area contributed by atoms with Crippen molar-refractivity contribution in [2.75, 3.05) is 35.0 Å². The highest BCUT2D eigenvalue weighted by Crippen LogP contribution is 2.66. The lowest BCUT2D eigenvalue weighted by molar-refractivity contribution is 0.0594. The smallest absolute Gasteiger partial charge is 0.354 e. The lowest BCUT2D eigenvalue weighted by Gasteiger charge is -2.27. The van der Waals surface area contributed by atoms with Crippen molar-refractivity contribution in [3.63, 3.8) is 0 Å². The molecule has 2 aromatic heterocycles. The fourth-order valence-electron chi connectivity index (χ4n) is 5.68. The lowest BCUT2D eigenvalue weighted by Crippen LogP contribution is -2.33. The highest BCUT2D eigenvalue weighted by atomic mass is 16.5. The molecule has 1 amide bonds. The zero-order valence-corrected chi connectivity index (χ0v) is 19.6. The monoisotopic (exact) mass is 477 g/mol. The molecule has 2 aliphatic carbocycles.